The first-order valence-corrected chi connectivity index (χ1v) is 9.95. The lowest BCUT2D eigenvalue weighted by Gasteiger charge is -2.29. The largest absolute Gasteiger partial charge is 0.489 e. The highest BCUT2D eigenvalue weighted by atomic mass is 16.5. The summed E-state index contributed by atoms with van der Waals surface area (Å²) < 4.78 is 6.10. The molecule has 2 aromatic rings. The molecule has 0 spiro atoms. The molecule has 0 bridgehead atoms. The second kappa shape index (κ2) is 9.09. The van der Waals surface area contributed by atoms with Crippen LogP contribution in [0, 0.1) is 12.3 Å². The van der Waals surface area contributed by atoms with Crippen molar-refractivity contribution in [2.24, 2.45) is 0 Å². The van der Waals surface area contributed by atoms with Gasteiger partial charge in [-0.1, -0.05) is 12.1 Å². The topological polar surface area (TPSA) is 85.7 Å². The standard InChI is InChI=1S/C23H29N3O3/c1-15(2)25-21-6-4-17(10-19(21)11-24)14-29-22-7-5-18-12-26(13-23(27)28)9-8-20(18)16(22)3/h4-7,10-11,15,24-25H,8-9,12-14H2,1-3H3,(H,27,28). The number of carboxylic acids is 1. The summed E-state index contributed by atoms with van der Waals surface area (Å²) in [7, 11) is 0. The van der Waals surface area contributed by atoms with E-state index in [0.717, 1.165) is 41.1 Å². The normalized spacial score (nSPS) is 13.8. The van der Waals surface area contributed by atoms with E-state index in [-0.39, 0.29) is 6.54 Å². The van der Waals surface area contributed by atoms with E-state index in [4.69, 9.17) is 15.3 Å². The van der Waals surface area contributed by atoms with Crippen LogP contribution in [0.4, 0.5) is 5.69 Å². The van der Waals surface area contributed by atoms with Crippen LogP contribution >= 0.6 is 0 Å². The summed E-state index contributed by atoms with van der Waals surface area (Å²) in [6.45, 7) is 8.14. The predicted molar refractivity (Wildman–Crippen MR) is 115 cm³/mol. The highest BCUT2D eigenvalue weighted by molar-refractivity contribution is 5.86. The average molecular weight is 396 g/mol. The van der Waals surface area contributed by atoms with Crippen molar-refractivity contribution in [2.45, 2.75) is 46.4 Å². The third kappa shape index (κ3) is 5.15. The SMILES string of the molecule is Cc1c(OCc2ccc(NC(C)C)c(C=N)c2)ccc2c1CCN(CC(=O)O)C2. The quantitative estimate of drug-likeness (QED) is 0.592. The second-order valence-electron chi connectivity index (χ2n) is 7.83. The summed E-state index contributed by atoms with van der Waals surface area (Å²) in [5, 5.41) is 20.0. The summed E-state index contributed by atoms with van der Waals surface area (Å²) in [6.07, 6.45) is 2.19. The number of fused-ring (bicyclic) bond motifs is 1. The first kappa shape index (κ1) is 20.9. The molecule has 154 valence electrons. The van der Waals surface area contributed by atoms with Crippen molar-refractivity contribution in [1.29, 1.82) is 5.41 Å². The molecule has 0 saturated heterocycles. The first-order chi connectivity index (χ1) is 13.9. The van der Waals surface area contributed by atoms with Gasteiger partial charge in [0.1, 0.15) is 12.4 Å². The number of rotatable bonds is 8. The molecule has 0 atom stereocenters. The Kier molecular flexibility index (Phi) is 6.54. The summed E-state index contributed by atoms with van der Waals surface area (Å²) in [5.74, 6) is 0.0697. The van der Waals surface area contributed by atoms with E-state index in [1.165, 1.54) is 17.3 Å². The van der Waals surface area contributed by atoms with Crippen molar-refractivity contribution in [3.8, 4) is 5.75 Å². The van der Waals surface area contributed by atoms with Crippen molar-refractivity contribution >= 4 is 17.9 Å². The monoisotopic (exact) mass is 395 g/mol. The van der Waals surface area contributed by atoms with Crippen LogP contribution in [0.1, 0.15) is 41.7 Å². The van der Waals surface area contributed by atoms with Crippen LogP contribution in [0.15, 0.2) is 30.3 Å². The van der Waals surface area contributed by atoms with Gasteiger partial charge >= 0.3 is 5.97 Å². The number of aliphatic carboxylic acids is 1. The third-order valence-electron chi connectivity index (χ3n) is 5.19. The van der Waals surface area contributed by atoms with E-state index in [1.807, 2.05) is 35.2 Å². The summed E-state index contributed by atoms with van der Waals surface area (Å²) in [5.41, 5.74) is 6.39. The van der Waals surface area contributed by atoms with Crippen LogP contribution in [-0.2, 0) is 24.4 Å². The number of nitrogens with zero attached hydrogens (tertiary/aromatic N) is 1. The molecule has 1 heterocycles. The van der Waals surface area contributed by atoms with Crippen molar-refractivity contribution in [1.82, 2.24) is 4.90 Å². The minimum atomic E-state index is -0.788. The van der Waals surface area contributed by atoms with Gasteiger partial charge in [0.15, 0.2) is 0 Å². The average Bonchev–Trinajstić information content (AvgIpc) is 2.67. The van der Waals surface area contributed by atoms with Crippen molar-refractivity contribution < 1.29 is 14.6 Å². The molecule has 3 N–H and O–H groups in total. The van der Waals surface area contributed by atoms with Gasteiger partial charge in [-0.25, -0.2) is 0 Å². The molecule has 6 nitrogen and oxygen atoms in total. The van der Waals surface area contributed by atoms with Gasteiger partial charge in [0.2, 0.25) is 0 Å². The lowest BCUT2D eigenvalue weighted by molar-refractivity contribution is -0.138. The fourth-order valence-corrected chi connectivity index (χ4v) is 3.79. The third-order valence-corrected chi connectivity index (χ3v) is 5.19. The maximum Gasteiger partial charge on any atom is 0.317 e. The first-order valence-electron chi connectivity index (χ1n) is 9.95. The molecule has 29 heavy (non-hydrogen) atoms. The molecular weight excluding hydrogens is 366 g/mol. The maximum atomic E-state index is 11.0. The zero-order chi connectivity index (χ0) is 21.0. The second-order valence-corrected chi connectivity index (χ2v) is 7.83. The molecule has 1 aliphatic rings. The van der Waals surface area contributed by atoms with Crippen LogP contribution in [0.25, 0.3) is 0 Å². The lowest BCUT2D eigenvalue weighted by Crippen LogP contribution is -2.35. The highest BCUT2D eigenvalue weighted by Crippen LogP contribution is 2.30. The Labute approximate surface area is 172 Å². The molecule has 0 aromatic heterocycles. The predicted octanol–water partition coefficient (Wildman–Crippen LogP) is 3.83. The van der Waals surface area contributed by atoms with E-state index in [2.05, 4.69) is 26.1 Å². The van der Waals surface area contributed by atoms with E-state index in [0.29, 0.717) is 19.2 Å². The molecule has 0 fully saturated rings. The van der Waals surface area contributed by atoms with E-state index in [1.54, 1.807) is 0 Å². The molecule has 0 amide bonds. The minimum absolute atomic E-state index is 0.0771. The number of ether oxygens (including phenoxy) is 1. The molecule has 6 heteroatoms. The summed E-state index contributed by atoms with van der Waals surface area (Å²) >= 11 is 0. The zero-order valence-corrected chi connectivity index (χ0v) is 17.3. The summed E-state index contributed by atoms with van der Waals surface area (Å²) in [4.78, 5) is 12.9. The van der Waals surface area contributed by atoms with Crippen LogP contribution in [0.5, 0.6) is 5.75 Å². The van der Waals surface area contributed by atoms with Gasteiger partial charge < -0.3 is 20.6 Å². The van der Waals surface area contributed by atoms with Crippen LogP contribution < -0.4 is 10.1 Å². The Bertz CT molecular complexity index is 908. The van der Waals surface area contributed by atoms with Gasteiger partial charge in [0, 0.05) is 36.6 Å². The number of nitrogens with one attached hydrogen (secondary N) is 2. The summed E-state index contributed by atoms with van der Waals surface area (Å²) in [6, 6.07) is 10.3. The Morgan fingerprint density at radius 1 is 1.34 bits per heavy atom. The van der Waals surface area contributed by atoms with E-state index >= 15 is 0 Å². The maximum absolute atomic E-state index is 11.0. The number of carboxylic acid groups (broad SMARTS) is 1. The lowest BCUT2D eigenvalue weighted by atomic mass is 9.94. The molecule has 0 aliphatic carbocycles. The van der Waals surface area contributed by atoms with Crippen molar-refractivity contribution in [3.05, 3.63) is 58.1 Å². The Morgan fingerprint density at radius 2 is 2.14 bits per heavy atom. The molecule has 1 aliphatic heterocycles. The van der Waals surface area contributed by atoms with Gasteiger partial charge in [0.05, 0.1) is 6.54 Å². The Balaban J connectivity index is 1.70. The molecule has 0 radical (unpaired) electrons. The molecule has 3 rings (SSSR count). The van der Waals surface area contributed by atoms with Crippen LogP contribution in [0.2, 0.25) is 0 Å². The van der Waals surface area contributed by atoms with Crippen LogP contribution in [0.3, 0.4) is 0 Å². The number of benzene rings is 2. The van der Waals surface area contributed by atoms with Gasteiger partial charge in [-0.05, 0) is 67.6 Å². The van der Waals surface area contributed by atoms with Crippen molar-refractivity contribution in [2.75, 3.05) is 18.4 Å². The smallest absolute Gasteiger partial charge is 0.317 e. The number of carbonyl (C=O) groups is 1. The van der Waals surface area contributed by atoms with Gasteiger partial charge in [-0.2, -0.15) is 0 Å². The fraction of sp³-hybridized carbons (Fsp3) is 0.391. The number of anilines is 1. The fourth-order valence-electron chi connectivity index (χ4n) is 3.79. The van der Waals surface area contributed by atoms with Gasteiger partial charge in [0.25, 0.3) is 0 Å². The number of hydrogen-bond donors (Lipinski definition) is 3. The molecule has 0 saturated carbocycles. The van der Waals surface area contributed by atoms with Crippen LogP contribution in [-0.4, -0.2) is 41.3 Å². The Hall–Kier alpha value is -2.86. The van der Waals surface area contributed by atoms with E-state index < -0.39 is 5.97 Å². The minimum Gasteiger partial charge on any atom is -0.489 e. The van der Waals surface area contributed by atoms with Gasteiger partial charge in [-0.15, -0.1) is 0 Å². The van der Waals surface area contributed by atoms with Gasteiger partial charge in [-0.3, -0.25) is 9.69 Å². The molecule has 2 aromatic carbocycles. The zero-order valence-electron chi connectivity index (χ0n) is 17.3. The number of hydrogen-bond acceptors (Lipinski definition) is 5. The van der Waals surface area contributed by atoms with E-state index in [9.17, 15) is 4.79 Å². The molecular formula is C23H29N3O3. The molecule has 0 unspecified atom stereocenters. The van der Waals surface area contributed by atoms with Crippen molar-refractivity contribution in [3.63, 3.8) is 0 Å². The highest BCUT2D eigenvalue weighted by Gasteiger charge is 2.21. The Morgan fingerprint density at radius 3 is 2.83 bits per heavy atom.